The molecule has 0 aliphatic carbocycles. The highest BCUT2D eigenvalue weighted by Crippen LogP contribution is 2.20. The smallest absolute Gasteiger partial charge is 0.313 e. The van der Waals surface area contributed by atoms with E-state index >= 15 is 0 Å². The summed E-state index contributed by atoms with van der Waals surface area (Å²) in [6, 6.07) is 5.53. The molecule has 106 valence electrons. The molecule has 5 nitrogen and oxygen atoms in total. The molecule has 0 radical (unpaired) electrons. The lowest BCUT2D eigenvalue weighted by atomic mass is 10.2. The second-order valence-corrected chi connectivity index (χ2v) is 5.12. The first-order valence-corrected chi connectivity index (χ1v) is 6.56. The zero-order chi connectivity index (χ0) is 15.3. The normalized spacial score (nSPS) is 11.3. The quantitative estimate of drug-likeness (QED) is 0.857. The van der Waals surface area contributed by atoms with Crippen molar-refractivity contribution in [1.82, 2.24) is 4.90 Å². The van der Waals surface area contributed by atoms with Crippen LogP contribution < -0.4 is 5.32 Å². The van der Waals surface area contributed by atoms with E-state index in [4.69, 9.17) is 5.26 Å². The molecule has 0 fully saturated rings. The van der Waals surface area contributed by atoms with Crippen molar-refractivity contribution in [3.8, 4) is 6.07 Å². The monoisotopic (exact) mass is 341 g/mol. The van der Waals surface area contributed by atoms with Gasteiger partial charge in [-0.15, -0.1) is 0 Å². The number of hydrogen-bond acceptors (Lipinski definition) is 3. The van der Waals surface area contributed by atoms with Crippen molar-refractivity contribution in [1.29, 1.82) is 5.26 Å². The molecule has 0 saturated carbocycles. The summed E-state index contributed by atoms with van der Waals surface area (Å²) in [5.41, 5.74) is -0.0842. The summed E-state index contributed by atoms with van der Waals surface area (Å²) in [6.45, 7) is 1.65. The first-order chi connectivity index (χ1) is 9.36. The van der Waals surface area contributed by atoms with Gasteiger partial charge in [0, 0.05) is 17.6 Å². The summed E-state index contributed by atoms with van der Waals surface area (Å²) in [5, 5.41) is 10.8. The van der Waals surface area contributed by atoms with Crippen LogP contribution in [0, 0.1) is 17.1 Å². The topological polar surface area (TPSA) is 73.2 Å². The third-order valence-electron chi connectivity index (χ3n) is 2.74. The maximum absolute atomic E-state index is 13.5. The van der Waals surface area contributed by atoms with Gasteiger partial charge in [-0.2, -0.15) is 5.26 Å². The molecule has 0 bridgehead atoms. The molecule has 0 saturated heterocycles. The summed E-state index contributed by atoms with van der Waals surface area (Å²) in [5.74, 6) is -2.41. The number of nitrogens with zero attached hydrogens (tertiary/aromatic N) is 2. The molecule has 0 heterocycles. The van der Waals surface area contributed by atoms with Crippen LogP contribution >= 0.6 is 15.9 Å². The molecule has 7 heteroatoms. The lowest BCUT2D eigenvalue weighted by molar-refractivity contribution is -0.143. The molecule has 0 aromatic heterocycles. The zero-order valence-corrected chi connectivity index (χ0v) is 12.6. The number of carbonyl (C=O) groups excluding carboxylic acids is 2. The summed E-state index contributed by atoms with van der Waals surface area (Å²) >= 11 is 3.15. The van der Waals surface area contributed by atoms with Crippen molar-refractivity contribution in [3.05, 3.63) is 28.5 Å². The van der Waals surface area contributed by atoms with Crippen LogP contribution in [-0.2, 0) is 9.59 Å². The Bertz CT molecular complexity index is 571. The molecule has 1 atom stereocenters. The fourth-order valence-corrected chi connectivity index (χ4v) is 1.76. The first-order valence-electron chi connectivity index (χ1n) is 5.77. The summed E-state index contributed by atoms with van der Waals surface area (Å²) in [4.78, 5) is 24.7. The Morgan fingerprint density at radius 1 is 1.55 bits per heavy atom. The molecule has 0 unspecified atom stereocenters. The van der Waals surface area contributed by atoms with Crippen molar-refractivity contribution < 1.29 is 14.0 Å². The van der Waals surface area contributed by atoms with Gasteiger partial charge in [-0.05, 0) is 25.1 Å². The Hall–Kier alpha value is -1.94. The average molecular weight is 342 g/mol. The van der Waals surface area contributed by atoms with E-state index in [1.807, 2.05) is 6.07 Å². The van der Waals surface area contributed by atoms with Crippen LogP contribution in [0.3, 0.4) is 0 Å². The lowest BCUT2D eigenvalue weighted by Gasteiger charge is -2.22. The molecular formula is C13H13BrFN3O2. The molecule has 20 heavy (non-hydrogen) atoms. The maximum atomic E-state index is 13.5. The fourth-order valence-electron chi connectivity index (χ4n) is 1.40. The molecule has 1 rings (SSSR count). The minimum absolute atomic E-state index is 0.0842. The highest BCUT2D eigenvalue weighted by Gasteiger charge is 2.23. The van der Waals surface area contributed by atoms with Gasteiger partial charge in [0.05, 0.1) is 18.2 Å². The first kappa shape index (κ1) is 16.1. The minimum atomic E-state index is -0.950. The highest BCUT2D eigenvalue weighted by atomic mass is 79.9. The highest BCUT2D eigenvalue weighted by molar-refractivity contribution is 9.10. The van der Waals surface area contributed by atoms with E-state index < -0.39 is 23.7 Å². The molecule has 2 amide bonds. The van der Waals surface area contributed by atoms with Gasteiger partial charge in [0.15, 0.2) is 0 Å². The van der Waals surface area contributed by atoms with Crippen molar-refractivity contribution in [2.45, 2.75) is 19.4 Å². The predicted molar refractivity (Wildman–Crippen MR) is 75.2 cm³/mol. The molecule has 1 aromatic rings. The van der Waals surface area contributed by atoms with Gasteiger partial charge in [-0.25, -0.2) is 4.39 Å². The van der Waals surface area contributed by atoms with Crippen molar-refractivity contribution in [2.24, 2.45) is 0 Å². The van der Waals surface area contributed by atoms with Crippen LogP contribution in [0.1, 0.15) is 13.3 Å². The van der Waals surface area contributed by atoms with Crippen LogP contribution in [-0.4, -0.2) is 29.8 Å². The summed E-state index contributed by atoms with van der Waals surface area (Å²) in [7, 11) is 1.42. The minimum Gasteiger partial charge on any atom is -0.334 e. The summed E-state index contributed by atoms with van der Waals surface area (Å²) in [6.07, 6.45) is 0.112. The van der Waals surface area contributed by atoms with Crippen molar-refractivity contribution >= 4 is 33.4 Å². The van der Waals surface area contributed by atoms with Crippen molar-refractivity contribution in [3.63, 3.8) is 0 Å². The Morgan fingerprint density at radius 2 is 2.20 bits per heavy atom. The van der Waals surface area contributed by atoms with E-state index in [-0.39, 0.29) is 12.1 Å². The fraction of sp³-hybridized carbons (Fsp3) is 0.308. The molecule has 1 aromatic carbocycles. The van der Waals surface area contributed by atoms with Gasteiger partial charge >= 0.3 is 11.8 Å². The van der Waals surface area contributed by atoms with Gasteiger partial charge in [0.2, 0.25) is 0 Å². The second-order valence-electron chi connectivity index (χ2n) is 4.21. The standard InChI is InChI=1S/C13H13BrFN3O2/c1-8(5-6-16)18(2)13(20)12(19)17-11-7-9(14)3-4-10(11)15/h3-4,7-8H,5H2,1-2H3,(H,17,19)/t8-/m1/s1. The number of nitriles is 1. The third kappa shape index (κ3) is 4.03. The number of likely N-dealkylation sites (N-methyl/N-ethyl adjacent to an activating group) is 1. The van der Waals surface area contributed by atoms with Crippen LogP contribution in [0.25, 0.3) is 0 Å². The van der Waals surface area contributed by atoms with E-state index in [1.165, 1.54) is 25.2 Å². The lowest BCUT2D eigenvalue weighted by Crippen LogP contribution is -2.42. The van der Waals surface area contributed by atoms with Gasteiger partial charge in [-0.1, -0.05) is 15.9 Å². The number of anilines is 1. The third-order valence-corrected chi connectivity index (χ3v) is 3.23. The number of amides is 2. The number of benzene rings is 1. The van der Waals surface area contributed by atoms with Gasteiger partial charge in [0.1, 0.15) is 5.82 Å². The number of hydrogen-bond donors (Lipinski definition) is 1. The van der Waals surface area contributed by atoms with Gasteiger partial charge in [0.25, 0.3) is 0 Å². The van der Waals surface area contributed by atoms with E-state index in [0.717, 1.165) is 4.90 Å². The number of rotatable bonds is 3. The van der Waals surface area contributed by atoms with Crippen LogP contribution in [0.15, 0.2) is 22.7 Å². The SMILES string of the molecule is C[C@H](CC#N)N(C)C(=O)C(=O)Nc1cc(Br)ccc1F. The largest absolute Gasteiger partial charge is 0.334 e. The average Bonchev–Trinajstić information content (AvgIpc) is 2.41. The maximum Gasteiger partial charge on any atom is 0.313 e. The van der Waals surface area contributed by atoms with E-state index in [1.54, 1.807) is 6.92 Å². The number of halogens is 2. The molecule has 0 aliphatic heterocycles. The Balaban J connectivity index is 2.78. The molecular weight excluding hydrogens is 329 g/mol. The summed E-state index contributed by atoms with van der Waals surface area (Å²) < 4.78 is 14.0. The zero-order valence-electron chi connectivity index (χ0n) is 11.0. The predicted octanol–water partition coefficient (Wildman–Crippen LogP) is 2.29. The van der Waals surface area contributed by atoms with E-state index in [9.17, 15) is 14.0 Å². The number of carbonyl (C=O) groups is 2. The second kappa shape index (κ2) is 7.01. The Kier molecular flexibility index (Phi) is 5.65. The molecule has 0 aliphatic rings. The molecule has 1 N–H and O–H groups in total. The van der Waals surface area contributed by atoms with Gasteiger partial charge < -0.3 is 10.2 Å². The molecule has 0 spiro atoms. The van der Waals surface area contributed by atoms with E-state index in [0.29, 0.717) is 4.47 Å². The van der Waals surface area contributed by atoms with Crippen LogP contribution in [0.2, 0.25) is 0 Å². The van der Waals surface area contributed by atoms with Crippen molar-refractivity contribution in [2.75, 3.05) is 12.4 Å². The van der Waals surface area contributed by atoms with Crippen LogP contribution in [0.4, 0.5) is 10.1 Å². The Labute approximate surface area is 124 Å². The van der Waals surface area contributed by atoms with Gasteiger partial charge in [-0.3, -0.25) is 9.59 Å². The number of nitrogens with one attached hydrogen (secondary N) is 1. The van der Waals surface area contributed by atoms with E-state index in [2.05, 4.69) is 21.2 Å². The Morgan fingerprint density at radius 3 is 2.80 bits per heavy atom. The van der Waals surface area contributed by atoms with Crippen LogP contribution in [0.5, 0.6) is 0 Å².